The van der Waals surface area contributed by atoms with Crippen molar-refractivity contribution in [2.24, 2.45) is 0 Å². The summed E-state index contributed by atoms with van der Waals surface area (Å²) in [5.41, 5.74) is 1.23. The first-order valence-electron chi connectivity index (χ1n) is 4.87. The van der Waals surface area contributed by atoms with Gasteiger partial charge in [0.1, 0.15) is 0 Å². The van der Waals surface area contributed by atoms with Crippen molar-refractivity contribution in [3.05, 3.63) is 29.9 Å². The fourth-order valence-corrected chi connectivity index (χ4v) is 1.22. The molecule has 0 spiro atoms. The van der Waals surface area contributed by atoms with E-state index in [0.29, 0.717) is 5.56 Å². The van der Waals surface area contributed by atoms with Gasteiger partial charge in [-0.05, 0) is 18.6 Å². The zero-order chi connectivity index (χ0) is 12.5. The van der Waals surface area contributed by atoms with E-state index >= 15 is 0 Å². The summed E-state index contributed by atoms with van der Waals surface area (Å²) in [6.07, 6.45) is -2.45. The van der Waals surface area contributed by atoms with Crippen molar-refractivity contribution in [2.75, 3.05) is 0 Å². The van der Waals surface area contributed by atoms with Gasteiger partial charge in [-0.1, -0.05) is 12.1 Å². The lowest BCUT2D eigenvalue weighted by Crippen LogP contribution is -2.04. The highest BCUT2D eigenvalue weighted by atomic mass is 19.4. The van der Waals surface area contributed by atoms with Gasteiger partial charge in [0.2, 0.25) is 5.82 Å². The molecule has 0 saturated heterocycles. The molecule has 2 heterocycles. The molecule has 4 nitrogen and oxygen atoms in total. The van der Waals surface area contributed by atoms with Crippen molar-refractivity contribution in [3.63, 3.8) is 0 Å². The van der Waals surface area contributed by atoms with E-state index in [0.717, 1.165) is 12.1 Å². The number of nitrogens with zero attached hydrogens (tertiary/aromatic N) is 3. The molecule has 2 aromatic heterocycles. The van der Waals surface area contributed by atoms with Crippen LogP contribution in [0.3, 0.4) is 0 Å². The van der Waals surface area contributed by atoms with Gasteiger partial charge in [-0.3, -0.25) is 4.98 Å². The highest BCUT2D eigenvalue weighted by molar-refractivity contribution is 5.52. The highest BCUT2D eigenvalue weighted by Crippen LogP contribution is 2.29. The first-order valence-corrected chi connectivity index (χ1v) is 4.87. The average Bonchev–Trinajstić information content (AvgIpc) is 2.78. The Morgan fingerprint density at radius 1 is 1.29 bits per heavy atom. The van der Waals surface area contributed by atoms with E-state index in [1.54, 1.807) is 12.1 Å². The van der Waals surface area contributed by atoms with Crippen LogP contribution in [0.1, 0.15) is 18.5 Å². The summed E-state index contributed by atoms with van der Waals surface area (Å²) in [6.45, 7) is 1.93. The number of pyridine rings is 1. The third-order valence-electron chi connectivity index (χ3n) is 2.11. The maximum atomic E-state index is 12.2. The topological polar surface area (TPSA) is 51.8 Å². The minimum Gasteiger partial charge on any atom is -0.329 e. The van der Waals surface area contributed by atoms with Gasteiger partial charge >= 0.3 is 12.1 Å². The molecule has 0 unspecified atom stereocenters. The summed E-state index contributed by atoms with van der Waals surface area (Å²) < 4.78 is 40.8. The highest BCUT2D eigenvalue weighted by Gasteiger charge is 2.38. The molecule has 0 fully saturated rings. The van der Waals surface area contributed by atoms with Crippen LogP contribution in [0.2, 0.25) is 0 Å². The molecule has 0 bridgehead atoms. The number of hydrogen-bond acceptors (Lipinski definition) is 4. The van der Waals surface area contributed by atoms with E-state index in [9.17, 15) is 13.2 Å². The number of hydrogen-bond donors (Lipinski definition) is 0. The molecule has 90 valence electrons. The Hall–Kier alpha value is -1.92. The van der Waals surface area contributed by atoms with Crippen molar-refractivity contribution >= 4 is 0 Å². The Morgan fingerprint density at radius 3 is 2.53 bits per heavy atom. The maximum absolute atomic E-state index is 12.2. The molecule has 0 aliphatic rings. The standard InChI is InChI=1S/C10H8F3N3O/c1-2-7-4-3-6(5-14-7)8-15-9(17-16-8)10(11,12)13/h3-5H,2H2,1H3. The van der Waals surface area contributed by atoms with E-state index in [2.05, 4.69) is 19.6 Å². The zero-order valence-electron chi connectivity index (χ0n) is 8.82. The summed E-state index contributed by atoms with van der Waals surface area (Å²) in [4.78, 5) is 7.31. The van der Waals surface area contributed by atoms with Crippen LogP contribution < -0.4 is 0 Å². The van der Waals surface area contributed by atoms with Crippen LogP contribution in [0.4, 0.5) is 13.2 Å². The second-order valence-electron chi connectivity index (χ2n) is 3.31. The Bertz CT molecular complexity index is 504. The third-order valence-corrected chi connectivity index (χ3v) is 2.11. The molecule has 17 heavy (non-hydrogen) atoms. The van der Waals surface area contributed by atoms with E-state index in [1.807, 2.05) is 6.92 Å². The van der Waals surface area contributed by atoms with E-state index in [-0.39, 0.29) is 5.82 Å². The predicted octanol–water partition coefficient (Wildman–Crippen LogP) is 2.71. The molecule has 0 aliphatic carbocycles. The Morgan fingerprint density at radius 2 is 2.06 bits per heavy atom. The molecule has 2 rings (SSSR count). The van der Waals surface area contributed by atoms with Crippen molar-refractivity contribution in [1.82, 2.24) is 15.1 Å². The van der Waals surface area contributed by atoms with Crippen molar-refractivity contribution in [2.45, 2.75) is 19.5 Å². The van der Waals surface area contributed by atoms with Gasteiger partial charge in [0.15, 0.2) is 0 Å². The largest absolute Gasteiger partial charge is 0.471 e. The quantitative estimate of drug-likeness (QED) is 0.813. The van der Waals surface area contributed by atoms with E-state index < -0.39 is 12.1 Å². The molecule has 7 heteroatoms. The number of aryl methyl sites for hydroxylation is 1. The summed E-state index contributed by atoms with van der Waals surface area (Å²) in [5.74, 6) is -1.47. The van der Waals surface area contributed by atoms with Gasteiger partial charge < -0.3 is 4.52 Å². The summed E-state index contributed by atoms with van der Waals surface area (Å²) >= 11 is 0. The summed E-state index contributed by atoms with van der Waals surface area (Å²) in [7, 11) is 0. The van der Waals surface area contributed by atoms with Gasteiger partial charge in [0.25, 0.3) is 0 Å². The molecule has 0 aliphatic heterocycles. The second-order valence-corrected chi connectivity index (χ2v) is 3.31. The lowest BCUT2D eigenvalue weighted by molar-refractivity contribution is -0.159. The normalized spacial score (nSPS) is 11.8. The van der Waals surface area contributed by atoms with E-state index in [4.69, 9.17) is 0 Å². The molecular formula is C10H8F3N3O. The summed E-state index contributed by atoms with van der Waals surface area (Å²) in [5, 5.41) is 3.26. The van der Waals surface area contributed by atoms with Crippen LogP contribution in [0.5, 0.6) is 0 Å². The van der Waals surface area contributed by atoms with Gasteiger partial charge in [0, 0.05) is 17.5 Å². The molecule has 0 aromatic carbocycles. The minimum atomic E-state index is -4.62. The number of alkyl halides is 3. The Kier molecular flexibility index (Phi) is 2.83. The lowest BCUT2D eigenvalue weighted by atomic mass is 10.2. The van der Waals surface area contributed by atoms with Gasteiger partial charge in [-0.2, -0.15) is 18.2 Å². The van der Waals surface area contributed by atoms with Gasteiger partial charge in [-0.15, -0.1) is 0 Å². The fraction of sp³-hybridized carbons (Fsp3) is 0.300. The van der Waals surface area contributed by atoms with Crippen LogP contribution in [-0.4, -0.2) is 15.1 Å². The first-order chi connectivity index (χ1) is 8.00. The van der Waals surface area contributed by atoms with Gasteiger partial charge in [0.05, 0.1) is 0 Å². The fourth-order valence-electron chi connectivity index (χ4n) is 1.22. The van der Waals surface area contributed by atoms with Gasteiger partial charge in [-0.25, -0.2) is 0 Å². The zero-order valence-corrected chi connectivity index (χ0v) is 8.82. The predicted molar refractivity (Wildman–Crippen MR) is 51.9 cm³/mol. The third kappa shape index (κ3) is 2.43. The van der Waals surface area contributed by atoms with Crippen molar-refractivity contribution in [3.8, 4) is 11.4 Å². The van der Waals surface area contributed by atoms with E-state index in [1.165, 1.54) is 6.20 Å². The van der Waals surface area contributed by atoms with Crippen molar-refractivity contribution in [1.29, 1.82) is 0 Å². The molecule has 0 saturated carbocycles. The molecular weight excluding hydrogens is 235 g/mol. The molecule has 0 radical (unpaired) electrons. The number of rotatable bonds is 2. The summed E-state index contributed by atoms with van der Waals surface area (Å²) in [6, 6.07) is 3.32. The second kappa shape index (κ2) is 4.15. The lowest BCUT2D eigenvalue weighted by Gasteiger charge is -1.97. The average molecular weight is 243 g/mol. The molecule has 0 N–H and O–H groups in total. The minimum absolute atomic E-state index is 0.118. The van der Waals surface area contributed by atoms with Crippen LogP contribution in [0.25, 0.3) is 11.4 Å². The Labute approximate surface area is 94.5 Å². The maximum Gasteiger partial charge on any atom is 0.471 e. The molecule has 0 amide bonds. The molecule has 2 aromatic rings. The monoisotopic (exact) mass is 243 g/mol. The molecule has 0 atom stereocenters. The number of aromatic nitrogens is 3. The SMILES string of the molecule is CCc1ccc(-c2noc(C(F)(F)F)n2)cn1. The van der Waals surface area contributed by atoms with Crippen LogP contribution >= 0.6 is 0 Å². The number of halogens is 3. The van der Waals surface area contributed by atoms with Crippen LogP contribution in [-0.2, 0) is 12.6 Å². The smallest absolute Gasteiger partial charge is 0.329 e. The Balaban J connectivity index is 2.30. The first kappa shape index (κ1) is 11.6. The van der Waals surface area contributed by atoms with Crippen LogP contribution in [0, 0.1) is 0 Å². The van der Waals surface area contributed by atoms with Crippen LogP contribution in [0.15, 0.2) is 22.9 Å². The van der Waals surface area contributed by atoms with Crippen molar-refractivity contribution < 1.29 is 17.7 Å².